The molecule has 0 atom stereocenters. The number of nitrogens with one attached hydrogen (secondary N) is 1. The normalized spacial score (nSPS) is 10.1. The van der Waals surface area contributed by atoms with Crippen LogP contribution in [0.3, 0.4) is 0 Å². The van der Waals surface area contributed by atoms with Gasteiger partial charge in [0.15, 0.2) is 0 Å². The van der Waals surface area contributed by atoms with Gasteiger partial charge >= 0.3 is 0 Å². The number of hydrogen-bond donors (Lipinski definition) is 1. The molecule has 0 spiro atoms. The Balaban J connectivity index is 2.92. The number of hydrogen-bond acceptors (Lipinski definition) is 5. The third kappa shape index (κ3) is 3.10. The maximum Gasteiger partial charge on any atom is 0.148 e. The molecule has 0 bridgehead atoms. The summed E-state index contributed by atoms with van der Waals surface area (Å²) in [6.07, 6.45) is 3.38. The Morgan fingerprint density at radius 1 is 1.53 bits per heavy atom. The smallest absolute Gasteiger partial charge is 0.148 e. The minimum Gasteiger partial charge on any atom is -0.369 e. The van der Waals surface area contributed by atoms with E-state index < -0.39 is 0 Å². The highest BCUT2D eigenvalue weighted by molar-refractivity contribution is 7.98. The fraction of sp³-hybridized carbons (Fsp3) is 0.500. The zero-order valence-corrected chi connectivity index (χ0v) is 9.93. The SMILES string of the molecule is CSc1ncnc(NCC(C)C)c1C#N. The van der Waals surface area contributed by atoms with Crippen molar-refractivity contribution in [3.05, 3.63) is 11.9 Å². The van der Waals surface area contributed by atoms with E-state index in [1.54, 1.807) is 0 Å². The van der Waals surface area contributed by atoms with Crippen LogP contribution in [0.2, 0.25) is 0 Å². The Hall–Kier alpha value is -1.28. The van der Waals surface area contributed by atoms with Crippen LogP contribution < -0.4 is 5.32 Å². The molecule has 0 unspecified atom stereocenters. The van der Waals surface area contributed by atoms with E-state index in [0.717, 1.165) is 11.6 Å². The highest BCUT2D eigenvalue weighted by atomic mass is 32.2. The minimum absolute atomic E-state index is 0.518. The molecule has 1 heterocycles. The number of thioether (sulfide) groups is 1. The van der Waals surface area contributed by atoms with Gasteiger partial charge in [-0.05, 0) is 12.2 Å². The Morgan fingerprint density at radius 3 is 2.80 bits per heavy atom. The van der Waals surface area contributed by atoms with E-state index in [9.17, 15) is 0 Å². The average molecular weight is 222 g/mol. The van der Waals surface area contributed by atoms with Gasteiger partial charge in [0.1, 0.15) is 28.8 Å². The van der Waals surface area contributed by atoms with Crippen LogP contribution in [0.15, 0.2) is 11.4 Å². The molecule has 0 saturated heterocycles. The monoisotopic (exact) mass is 222 g/mol. The predicted molar refractivity (Wildman–Crippen MR) is 61.9 cm³/mol. The molecule has 1 aromatic heterocycles. The number of nitriles is 1. The molecule has 0 aromatic carbocycles. The van der Waals surface area contributed by atoms with E-state index in [1.807, 2.05) is 6.26 Å². The lowest BCUT2D eigenvalue weighted by Crippen LogP contribution is -2.11. The maximum atomic E-state index is 9.01. The standard InChI is InChI=1S/C10H14N4S/c1-7(2)5-12-9-8(4-11)10(15-3)14-6-13-9/h6-7H,5H2,1-3H3,(H,12,13,14). The summed E-state index contributed by atoms with van der Waals surface area (Å²) in [5, 5.41) is 12.9. The van der Waals surface area contributed by atoms with E-state index >= 15 is 0 Å². The summed E-state index contributed by atoms with van der Waals surface area (Å²) in [5.41, 5.74) is 0.533. The maximum absolute atomic E-state index is 9.01. The van der Waals surface area contributed by atoms with E-state index in [4.69, 9.17) is 5.26 Å². The zero-order valence-electron chi connectivity index (χ0n) is 9.11. The summed E-state index contributed by atoms with van der Waals surface area (Å²) in [5.74, 6) is 1.15. The van der Waals surface area contributed by atoms with Crippen LogP contribution in [0, 0.1) is 17.2 Å². The largest absolute Gasteiger partial charge is 0.369 e. The average Bonchev–Trinajstić information content (AvgIpc) is 2.25. The number of rotatable bonds is 4. The summed E-state index contributed by atoms with van der Waals surface area (Å²) in [4.78, 5) is 8.12. The molecule has 15 heavy (non-hydrogen) atoms. The lowest BCUT2D eigenvalue weighted by molar-refractivity contribution is 0.686. The van der Waals surface area contributed by atoms with Crippen LogP contribution in [0.25, 0.3) is 0 Å². The first-order valence-electron chi connectivity index (χ1n) is 4.72. The molecular weight excluding hydrogens is 208 g/mol. The lowest BCUT2D eigenvalue weighted by atomic mass is 10.2. The molecular formula is C10H14N4S. The first kappa shape index (κ1) is 11.8. The van der Waals surface area contributed by atoms with Gasteiger partial charge in [-0.15, -0.1) is 11.8 Å². The third-order valence-electron chi connectivity index (χ3n) is 1.80. The van der Waals surface area contributed by atoms with Gasteiger partial charge in [-0.25, -0.2) is 9.97 Å². The van der Waals surface area contributed by atoms with Gasteiger partial charge in [0.05, 0.1) is 0 Å². The molecule has 4 nitrogen and oxygen atoms in total. The highest BCUT2D eigenvalue weighted by Crippen LogP contribution is 2.21. The van der Waals surface area contributed by atoms with Crippen molar-refractivity contribution in [2.45, 2.75) is 18.9 Å². The van der Waals surface area contributed by atoms with E-state index in [0.29, 0.717) is 17.3 Å². The fourth-order valence-corrected chi connectivity index (χ4v) is 1.56. The van der Waals surface area contributed by atoms with Crippen molar-refractivity contribution in [3.63, 3.8) is 0 Å². The Labute approximate surface area is 94.1 Å². The Kier molecular flexibility index (Phi) is 4.37. The summed E-state index contributed by atoms with van der Waals surface area (Å²) in [6.45, 7) is 5.02. The van der Waals surface area contributed by atoms with Crippen LogP contribution in [0.5, 0.6) is 0 Å². The molecule has 0 aliphatic rings. The molecule has 0 saturated carbocycles. The Bertz CT molecular complexity index is 370. The first-order valence-corrected chi connectivity index (χ1v) is 5.94. The van der Waals surface area contributed by atoms with Gasteiger partial charge in [-0.3, -0.25) is 0 Å². The van der Waals surface area contributed by atoms with Crippen molar-refractivity contribution in [1.29, 1.82) is 5.26 Å². The van der Waals surface area contributed by atoms with Gasteiger partial charge in [-0.1, -0.05) is 13.8 Å². The second-order valence-corrected chi connectivity index (χ2v) is 4.29. The molecule has 0 fully saturated rings. The predicted octanol–water partition coefficient (Wildman–Crippen LogP) is 2.14. The lowest BCUT2D eigenvalue weighted by Gasteiger charge is -2.10. The van der Waals surface area contributed by atoms with E-state index in [2.05, 4.69) is 35.2 Å². The second kappa shape index (κ2) is 5.56. The van der Waals surface area contributed by atoms with Crippen molar-refractivity contribution in [1.82, 2.24) is 9.97 Å². The molecule has 5 heteroatoms. The molecule has 0 aliphatic heterocycles. The first-order chi connectivity index (χ1) is 7.19. The van der Waals surface area contributed by atoms with Crippen molar-refractivity contribution in [3.8, 4) is 6.07 Å². The molecule has 1 rings (SSSR count). The van der Waals surface area contributed by atoms with Crippen LogP contribution in [0.1, 0.15) is 19.4 Å². The van der Waals surface area contributed by atoms with E-state index in [1.165, 1.54) is 18.1 Å². The summed E-state index contributed by atoms with van der Waals surface area (Å²) < 4.78 is 0. The third-order valence-corrected chi connectivity index (χ3v) is 2.49. The van der Waals surface area contributed by atoms with Crippen molar-refractivity contribution in [2.24, 2.45) is 5.92 Å². The number of aromatic nitrogens is 2. The Morgan fingerprint density at radius 2 is 2.27 bits per heavy atom. The van der Waals surface area contributed by atoms with Crippen LogP contribution >= 0.6 is 11.8 Å². The van der Waals surface area contributed by atoms with Crippen LogP contribution in [-0.2, 0) is 0 Å². The quantitative estimate of drug-likeness (QED) is 0.624. The molecule has 0 aliphatic carbocycles. The van der Waals surface area contributed by atoms with Gasteiger partial charge in [-0.2, -0.15) is 5.26 Å². The summed E-state index contributed by atoms with van der Waals surface area (Å²) >= 11 is 1.45. The highest BCUT2D eigenvalue weighted by Gasteiger charge is 2.09. The van der Waals surface area contributed by atoms with Crippen molar-refractivity contribution in [2.75, 3.05) is 18.1 Å². The van der Waals surface area contributed by atoms with Crippen LogP contribution in [0.4, 0.5) is 5.82 Å². The molecule has 0 amide bonds. The van der Waals surface area contributed by atoms with Crippen molar-refractivity contribution >= 4 is 17.6 Å². The zero-order chi connectivity index (χ0) is 11.3. The molecule has 80 valence electrons. The van der Waals surface area contributed by atoms with E-state index in [-0.39, 0.29) is 0 Å². The minimum atomic E-state index is 0.518. The molecule has 1 aromatic rings. The van der Waals surface area contributed by atoms with Gasteiger partial charge in [0.25, 0.3) is 0 Å². The van der Waals surface area contributed by atoms with Crippen molar-refractivity contribution < 1.29 is 0 Å². The molecule has 0 radical (unpaired) electrons. The number of anilines is 1. The van der Waals surface area contributed by atoms with Gasteiger partial charge in [0.2, 0.25) is 0 Å². The van der Waals surface area contributed by atoms with Gasteiger partial charge < -0.3 is 5.32 Å². The van der Waals surface area contributed by atoms with Crippen LogP contribution in [-0.4, -0.2) is 22.8 Å². The van der Waals surface area contributed by atoms with Gasteiger partial charge in [0, 0.05) is 6.54 Å². The number of nitrogens with zero attached hydrogens (tertiary/aromatic N) is 3. The molecule has 1 N–H and O–H groups in total. The summed E-state index contributed by atoms with van der Waals surface area (Å²) in [6, 6.07) is 2.13. The second-order valence-electron chi connectivity index (χ2n) is 3.49. The fourth-order valence-electron chi connectivity index (χ4n) is 1.06. The topological polar surface area (TPSA) is 61.6 Å². The summed E-state index contributed by atoms with van der Waals surface area (Å²) in [7, 11) is 0.